The molecule has 0 amide bonds. The first-order valence-corrected chi connectivity index (χ1v) is 9.14. The number of ether oxygens (including phenoxy) is 3. The maximum atomic E-state index is 12.8. The first-order chi connectivity index (χ1) is 13.5. The molecule has 7 heteroatoms. The van der Waals surface area contributed by atoms with Crippen LogP contribution in [0.5, 0.6) is 17.2 Å². The van der Waals surface area contributed by atoms with E-state index in [0.717, 1.165) is 11.1 Å². The zero-order valence-corrected chi connectivity index (χ0v) is 16.5. The molecular formula is C21H19ClN2O4. The molecule has 28 heavy (non-hydrogen) atoms. The fourth-order valence-electron chi connectivity index (χ4n) is 3.51. The van der Waals surface area contributed by atoms with Gasteiger partial charge in [-0.05, 0) is 54.0 Å². The smallest absolute Gasteiger partial charge is 0.261 e. The van der Waals surface area contributed by atoms with E-state index in [1.807, 2.05) is 18.2 Å². The van der Waals surface area contributed by atoms with Gasteiger partial charge in [-0.1, -0.05) is 11.6 Å². The lowest BCUT2D eigenvalue weighted by atomic mass is 10.1. The average molecular weight is 399 g/mol. The maximum absolute atomic E-state index is 12.8. The molecule has 0 saturated carbocycles. The van der Waals surface area contributed by atoms with Gasteiger partial charge in [0.1, 0.15) is 5.82 Å². The number of halogens is 1. The summed E-state index contributed by atoms with van der Waals surface area (Å²) in [6.07, 6.45) is 2.70. The van der Waals surface area contributed by atoms with Crippen LogP contribution in [0.3, 0.4) is 0 Å². The quantitative estimate of drug-likeness (QED) is 0.664. The molecule has 0 saturated heterocycles. The third-order valence-electron chi connectivity index (χ3n) is 4.84. The molecule has 0 N–H and O–H groups in total. The SMILES string of the molecule is COc1cc(C=C2CCn3c2nc2cc(Cl)ccc2c3=O)cc(OC)c1OC. The van der Waals surface area contributed by atoms with Gasteiger partial charge in [-0.15, -0.1) is 0 Å². The van der Waals surface area contributed by atoms with Gasteiger partial charge in [0, 0.05) is 11.6 Å². The summed E-state index contributed by atoms with van der Waals surface area (Å²) in [4.78, 5) is 17.5. The Morgan fingerprint density at radius 3 is 2.43 bits per heavy atom. The van der Waals surface area contributed by atoms with Crippen LogP contribution >= 0.6 is 11.6 Å². The third-order valence-corrected chi connectivity index (χ3v) is 5.07. The molecule has 2 heterocycles. The fraction of sp³-hybridized carbons (Fsp3) is 0.238. The maximum Gasteiger partial charge on any atom is 0.261 e. The minimum Gasteiger partial charge on any atom is -0.493 e. The number of allylic oxidation sites excluding steroid dienone is 1. The van der Waals surface area contributed by atoms with Crippen molar-refractivity contribution >= 4 is 34.2 Å². The van der Waals surface area contributed by atoms with Crippen LogP contribution in [0.4, 0.5) is 0 Å². The first kappa shape index (κ1) is 18.4. The average Bonchev–Trinajstić information content (AvgIpc) is 3.09. The van der Waals surface area contributed by atoms with E-state index in [4.69, 9.17) is 30.8 Å². The third kappa shape index (κ3) is 2.99. The lowest BCUT2D eigenvalue weighted by Gasteiger charge is -2.13. The van der Waals surface area contributed by atoms with E-state index >= 15 is 0 Å². The highest BCUT2D eigenvalue weighted by atomic mass is 35.5. The van der Waals surface area contributed by atoms with Crippen molar-refractivity contribution in [2.45, 2.75) is 13.0 Å². The molecule has 1 aliphatic rings. The molecule has 3 aromatic rings. The van der Waals surface area contributed by atoms with Gasteiger partial charge in [0.25, 0.3) is 5.56 Å². The number of hydrogen-bond acceptors (Lipinski definition) is 5. The summed E-state index contributed by atoms with van der Waals surface area (Å²) in [5.74, 6) is 2.34. The monoisotopic (exact) mass is 398 g/mol. The Hall–Kier alpha value is -2.99. The summed E-state index contributed by atoms with van der Waals surface area (Å²) in [6, 6.07) is 8.89. The molecular weight excluding hydrogens is 380 g/mol. The fourth-order valence-corrected chi connectivity index (χ4v) is 3.68. The zero-order valence-electron chi connectivity index (χ0n) is 15.8. The Morgan fingerprint density at radius 1 is 1.07 bits per heavy atom. The minimum atomic E-state index is -0.0510. The Balaban J connectivity index is 1.86. The predicted molar refractivity (Wildman–Crippen MR) is 110 cm³/mol. The van der Waals surface area contributed by atoms with Crippen LogP contribution in [0.1, 0.15) is 17.8 Å². The van der Waals surface area contributed by atoms with Crippen molar-refractivity contribution in [2.24, 2.45) is 0 Å². The van der Waals surface area contributed by atoms with Crippen LogP contribution in [0.25, 0.3) is 22.6 Å². The van der Waals surface area contributed by atoms with Gasteiger partial charge >= 0.3 is 0 Å². The zero-order chi connectivity index (χ0) is 19.8. The van der Waals surface area contributed by atoms with Gasteiger partial charge < -0.3 is 14.2 Å². The predicted octanol–water partition coefficient (Wildman–Crippen LogP) is 4.02. The molecule has 1 aliphatic heterocycles. The van der Waals surface area contributed by atoms with Crippen molar-refractivity contribution in [3.63, 3.8) is 0 Å². The van der Waals surface area contributed by atoms with Gasteiger partial charge in [0.15, 0.2) is 11.5 Å². The van der Waals surface area contributed by atoms with E-state index in [2.05, 4.69) is 0 Å². The van der Waals surface area contributed by atoms with Crippen LogP contribution in [-0.2, 0) is 6.54 Å². The van der Waals surface area contributed by atoms with Crippen LogP contribution in [0.2, 0.25) is 5.02 Å². The van der Waals surface area contributed by atoms with Gasteiger partial charge in [-0.3, -0.25) is 9.36 Å². The highest BCUT2D eigenvalue weighted by Crippen LogP contribution is 2.39. The van der Waals surface area contributed by atoms with Gasteiger partial charge in [0.05, 0.1) is 32.2 Å². The summed E-state index contributed by atoms with van der Waals surface area (Å²) >= 11 is 6.08. The molecule has 4 rings (SSSR count). The van der Waals surface area contributed by atoms with E-state index in [9.17, 15) is 4.79 Å². The number of aromatic nitrogens is 2. The molecule has 1 aromatic heterocycles. The van der Waals surface area contributed by atoms with E-state index < -0.39 is 0 Å². The van der Waals surface area contributed by atoms with Crippen molar-refractivity contribution in [2.75, 3.05) is 21.3 Å². The number of hydrogen-bond donors (Lipinski definition) is 0. The molecule has 0 bridgehead atoms. The number of benzene rings is 2. The second kappa shape index (κ2) is 7.20. The molecule has 0 fully saturated rings. The second-order valence-electron chi connectivity index (χ2n) is 6.43. The highest BCUT2D eigenvalue weighted by molar-refractivity contribution is 6.31. The van der Waals surface area contributed by atoms with Crippen molar-refractivity contribution in [1.29, 1.82) is 0 Å². The van der Waals surface area contributed by atoms with Gasteiger partial charge in [-0.25, -0.2) is 4.98 Å². The van der Waals surface area contributed by atoms with E-state index in [0.29, 0.717) is 52.0 Å². The Bertz CT molecular complexity index is 1140. The number of rotatable bonds is 4. The molecule has 144 valence electrons. The number of fused-ring (bicyclic) bond motifs is 2. The topological polar surface area (TPSA) is 62.6 Å². The largest absolute Gasteiger partial charge is 0.493 e. The summed E-state index contributed by atoms with van der Waals surface area (Å²) in [7, 11) is 4.73. The van der Waals surface area contributed by atoms with Gasteiger partial charge in [-0.2, -0.15) is 0 Å². The van der Waals surface area contributed by atoms with Crippen molar-refractivity contribution in [1.82, 2.24) is 9.55 Å². The standard InChI is InChI=1S/C21H19ClN2O4/c1-26-17-9-12(10-18(27-2)19(17)28-3)8-13-6-7-24-20(13)23-16-11-14(22)4-5-15(16)21(24)25/h4-5,8-11H,6-7H2,1-3H3. The van der Waals surface area contributed by atoms with Crippen molar-refractivity contribution < 1.29 is 14.2 Å². The molecule has 0 atom stereocenters. The van der Waals surface area contributed by atoms with Crippen molar-refractivity contribution in [3.8, 4) is 17.2 Å². The van der Waals surface area contributed by atoms with E-state index in [1.165, 1.54) is 0 Å². The molecule has 0 radical (unpaired) electrons. The second-order valence-corrected chi connectivity index (χ2v) is 6.87. The highest BCUT2D eigenvalue weighted by Gasteiger charge is 2.21. The molecule has 0 spiro atoms. The van der Waals surface area contributed by atoms with Crippen LogP contribution in [0, 0.1) is 0 Å². The van der Waals surface area contributed by atoms with Crippen LogP contribution < -0.4 is 19.8 Å². The Morgan fingerprint density at radius 2 is 1.79 bits per heavy atom. The Kier molecular flexibility index (Phi) is 4.73. The summed E-state index contributed by atoms with van der Waals surface area (Å²) in [5.41, 5.74) is 2.39. The number of methoxy groups -OCH3 is 3. The number of nitrogens with zero attached hydrogens (tertiary/aromatic N) is 2. The Labute approximate surface area is 166 Å². The van der Waals surface area contributed by atoms with E-state index in [1.54, 1.807) is 44.1 Å². The molecule has 0 aliphatic carbocycles. The molecule has 2 aromatic carbocycles. The lowest BCUT2D eigenvalue weighted by molar-refractivity contribution is 0.324. The molecule has 6 nitrogen and oxygen atoms in total. The molecule has 0 unspecified atom stereocenters. The normalized spacial score (nSPS) is 14.4. The summed E-state index contributed by atoms with van der Waals surface area (Å²) < 4.78 is 17.9. The van der Waals surface area contributed by atoms with Crippen molar-refractivity contribution in [3.05, 3.63) is 57.1 Å². The van der Waals surface area contributed by atoms with Crippen LogP contribution in [-0.4, -0.2) is 30.9 Å². The van der Waals surface area contributed by atoms with Gasteiger partial charge in [0.2, 0.25) is 5.75 Å². The summed E-state index contributed by atoms with van der Waals surface area (Å²) in [5, 5.41) is 1.12. The minimum absolute atomic E-state index is 0.0510. The van der Waals surface area contributed by atoms with Crippen LogP contribution in [0.15, 0.2) is 35.1 Å². The first-order valence-electron chi connectivity index (χ1n) is 8.76. The summed E-state index contributed by atoms with van der Waals surface area (Å²) in [6.45, 7) is 0.593. The lowest BCUT2D eigenvalue weighted by Crippen LogP contribution is -2.20. The van der Waals surface area contributed by atoms with E-state index in [-0.39, 0.29) is 5.56 Å².